The smallest absolute Gasteiger partial charge is 0.0608 e. The molecule has 2 N–H and O–H groups in total. The van der Waals surface area contributed by atoms with Gasteiger partial charge >= 0.3 is 0 Å². The van der Waals surface area contributed by atoms with Crippen LogP contribution in [-0.4, -0.2) is 18.5 Å². The molecular formula is C10H12ClNOS. The number of hydrogen-bond donors (Lipinski definition) is 1. The number of benzene rings is 1. The molecule has 0 atom stereocenters. The van der Waals surface area contributed by atoms with Gasteiger partial charge in [-0.25, -0.2) is 0 Å². The Bertz CT molecular complexity index is 328. The average Bonchev–Trinajstić information content (AvgIpc) is 2.08. The molecule has 1 aliphatic heterocycles. The highest BCUT2D eigenvalue weighted by Crippen LogP contribution is 2.28. The minimum absolute atomic E-state index is 0.632. The highest BCUT2D eigenvalue weighted by molar-refractivity contribution is 7.99. The summed E-state index contributed by atoms with van der Waals surface area (Å²) in [5.74, 6) is 0.915. The number of rotatable bonds is 3. The van der Waals surface area contributed by atoms with Crippen LogP contribution in [0.25, 0.3) is 0 Å². The monoisotopic (exact) mass is 229 g/mol. The van der Waals surface area contributed by atoms with Gasteiger partial charge in [0.25, 0.3) is 0 Å². The first-order chi connectivity index (χ1) is 6.75. The first-order valence-electron chi connectivity index (χ1n) is 4.49. The maximum absolute atomic E-state index is 6.04. The SMILES string of the molecule is Nc1ccc(Cl)c(CSC2COC2)c1. The second-order valence-electron chi connectivity index (χ2n) is 3.32. The molecule has 4 heteroatoms. The number of thioether (sulfide) groups is 1. The van der Waals surface area contributed by atoms with E-state index in [0.29, 0.717) is 5.25 Å². The predicted octanol–water partition coefficient (Wildman–Crippen LogP) is 2.55. The van der Waals surface area contributed by atoms with Gasteiger partial charge in [-0.1, -0.05) is 11.6 Å². The Labute approximate surface area is 92.8 Å². The molecule has 0 aromatic heterocycles. The van der Waals surface area contributed by atoms with Crippen molar-refractivity contribution in [3.8, 4) is 0 Å². The van der Waals surface area contributed by atoms with Crippen LogP contribution in [0.4, 0.5) is 5.69 Å². The molecule has 1 saturated heterocycles. The summed E-state index contributed by atoms with van der Waals surface area (Å²) in [7, 11) is 0. The van der Waals surface area contributed by atoms with Crippen molar-refractivity contribution in [2.75, 3.05) is 18.9 Å². The van der Waals surface area contributed by atoms with Crippen molar-refractivity contribution in [2.45, 2.75) is 11.0 Å². The minimum Gasteiger partial charge on any atom is -0.399 e. The van der Waals surface area contributed by atoms with E-state index in [1.807, 2.05) is 30.0 Å². The number of nitrogen functional groups attached to an aromatic ring is 1. The topological polar surface area (TPSA) is 35.2 Å². The molecule has 0 spiro atoms. The van der Waals surface area contributed by atoms with Crippen molar-refractivity contribution in [3.63, 3.8) is 0 Å². The Morgan fingerprint density at radius 2 is 2.29 bits per heavy atom. The quantitative estimate of drug-likeness (QED) is 0.810. The van der Waals surface area contributed by atoms with Gasteiger partial charge in [-0.2, -0.15) is 0 Å². The largest absolute Gasteiger partial charge is 0.399 e. The maximum Gasteiger partial charge on any atom is 0.0608 e. The summed E-state index contributed by atoms with van der Waals surface area (Å²) in [6.45, 7) is 1.73. The molecule has 0 amide bonds. The molecule has 0 bridgehead atoms. The molecule has 1 aliphatic rings. The van der Waals surface area contributed by atoms with Crippen LogP contribution < -0.4 is 5.73 Å². The Kier molecular flexibility index (Phi) is 3.21. The summed E-state index contributed by atoms with van der Waals surface area (Å²) in [5.41, 5.74) is 7.58. The molecular weight excluding hydrogens is 218 g/mol. The number of ether oxygens (including phenoxy) is 1. The fraction of sp³-hybridized carbons (Fsp3) is 0.400. The van der Waals surface area contributed by atoms with Gasteiger partial charge in [0.1, 0.15) is 0 Å². The zero-order valence-electron chi connectivity index (χ0n) is 7.70. The summed E-state index contributed by atoms with van der Waals surface area (Å²) in [4.78, 5) is 0. The number of hydrogen-bond acceptors (Lipinski definition) is 3. The Morgan fingerprint density at radius 3 is 2.93 bits per heavy atom. The van der Waals surface area contributed by atoms with E-state index in [1.54, 1.807) is 0 Å². The molecule has 0 aliphatic carbocycles. The molecule has 0 saturated carbocycles. The van der Waals surface area contributed by atoms with Gasteiger partial charge < -0.3 is 10.5 Å². The van der Waals surface area contributed by atoms with Crippen LogP contribution in [0.3, 0.4) is 0 Å². The first-order valence-corrected chi connectivity index (χ1v) is 5.91. The first kappa shape index (κ1) is 10.1. The summed E-state index contributed by atoms with van der Waals surface area (Å²) >= 11 is 7.91. The van der Waals surface area contributed by atoms with Crippen LogP contribution in [0.5, 0.6) is 0 Å². The van der Waals surface area contributed by atoms with Crippen LogP contribution in [0.1, 0.15) is 5.56 Å². The third-order valence-electron chi connectivity index (χ3n) is 2.15. The normalized spacial score (nSPS) is 16.6. The van der Waals surface area contributed by atoms with E-state index >= 15 is 0 Å². The van der Waals surface area contributed by atoms with Gasteiger partial charge in [-0.15, -0.1) is 11.8 Å². The van der Waals surface area contributed by atoms with Gasteiger partial charge in [0.15, 0.2) is 0 Å². The summed E-state index contributed by atoms with van der Waals surface area (Å²) < 4.78 is 5.10. The summed E-state index contributed by atoms with van der Waals surface area (Å²) in [6, 6.07) is 5.61. The van der Waals surface area contributed by atoms with Crippen LogP contribution in [0.2, 0.25) is 5.02 Å². The molecule has 76 valence electrons. The van der Waals surface area contributed by atoms with E-state index in [1.165, 1.54) is 0 Å². The Hall–Kier alpha value is -0.380. The third kappa shape index (κ3) is 2.35. The summed E-state index contributed by atoms with van der Waals surface area (Å²) in [5, 5.41) is 1.43. The van der Waals surface area contributed by atoms with Gasteiger partial charge in [-0.3, -0.25) is 0 Å². The lowest BCUT2D eigenvalue weighted by atomic mass is 10.2. The molecule has 0 radical (unpaired) electrons. The van der Waals surface area contributed by atoms with E-state index in [-0.39, 0.29) is 0 Å². The van der Waals surface area contributed by atoms with E-state index in [9.17, 15) is 0 Å². The lowest BCUT2D eigenvalue weighted by molar-refractivity contribution is 0.0455. The minimum atomic E-state index is 0.632. The fourth-order valence-electron chi connectivity index (χ4n) is 1.22. The van der Waals surface area contributed by atoms with Crippen molar-refractivity contribution in [1.82, 2.24) is 0 Å². The van der Waals surface area contributed by atoms with Crippen LogP contribution in [-0.2, 0) is 10.5 Å². The van der Waals surface area contributed by atoms with Gasteiger partial charge in [0.2, 0.25) is 0 Å². The number of anilines is 1. The highest BCUT2D eigenvalue weighted by Gasteiger charge is 2.18. The molecule has 1 heterocycles. The standard InChI is InChI=1S/C10H12ClNOS/c11-10-2-1-8(12)3-7(10)6-14-9-4-13-5-9/h1-3,9H,4-6,12H2. The third-order valence-corrected chi connectivity index (χ3v) is 3.74. The van der Waals surface area contributed by atoms with Crippen LogP contribution in [0, 0.1) is 0 Å². The van der Waals surface area contributed by atoms with Gasteiger partial charge in [0.05, 0.1) is 18.5 Å². The van der Waals surface area contributed by atoms with E-state index in [2.05, 4.69) is 0 Å². The van der Waals surface area contributed by atoms with Crippen molar-refractivity contribution in [2.24, 2.45) is 0 Å². The zero-order valence-corrected chi connectivity index (χ0v) is 9.27. The summed E-state index contributed by atoms with van der Waals surface area (Å²) in [6.07, 6.45) is 0. The number of nitrogens with two attached hydrogens (primary N) is 1. The molecule has 1 aromatic carbocycles. The highest BCUT2D eigenvalue weighted by atomic mass is 35.5. The average molecular weight is 230 g/mol. The van der Waals surface area contributed by atoms with E-state index < -0.39 is 0 Å². The number of halogens is 1. The predicted molar refractivity (Wildman–Crippen MR) is 61.8 cm³/mol. The fourth-order valence-corrected chi connectivity index (χ4v) is 2.53. The second kappa shape index (κ2) is 4.43. The lowest BCUT2D eigenvalue weighted by Crippen LogP contribution is -2.30. The zero-order chi connectivity index (χ0) is 9.97. The molecule has 0 unspecified atom stereocenters. The van der Waals surface area contributed by atoms with E-state index in [4.69, 9.17) is 22.1 Å². The maximum atomic E-state index is 6.04. The molecule has 1 aromatic rings. The second-order valence-corrected chi connectivity index (χ2v) is 5.02. The van der Waals surface area contributed by atoms with E-state index in [0.717, 1.165) is 35.2 Å². The Morgan fingerprint density at radius 1 is 1.50 bits per heavy atom. The van der Waals surface area contributed by atoms with Crippen molar-refractivity contribution < 1.29 is 4.74 Å². The molecule has 2 rings (SSSR count). The van der Waals surface area contributed by atoms with Crippen LogP contribution >= 0.6 is 23.4 Å². The lowest BCUT2D eigenvalue weighted by Gasteiger charge is -2.25. The van der Waals surface area contributed by atoms with Crippen molar-refractivity contribution in [1.29, 1.82) is 0 Å². The molecule has 2 nitrogen and oxygen atoms in total. The van der Waals surface area contributed by atoms with Crippen molar-refractivity contribution in [3.05, 3.63) is 28.8 Å². The van der Waals surface area contributed by atoms with Gasteiger partial charge in [0, 0.05) is 16.5 Å². The van der Waals surface area contributed by atoms with Gasteiger partial charge in [-0.05, 0) is 23.8 Å². The molecule has 14 heavy (non-hydrogen) atoms. The van der Waals surface area contributed by atoms with Crippen molar-refractivity contribution >= 4 is 29.1 Å². The molecule has 1 fully saturated rings. The Balaban J connectivity index is 1.96. The van der Waals surface area contributed by atoms with Crippen LogP contribution in [0.15, 0.2) is 18.2 Å².